The number of aliphatic hydroxyl groups is 2. The molecule has 0 radical (unpaired) electrons. The molecule has 28 heavy (non-hydrogen) atoms. The van der Waals surface area contributed by atoms with Gasteiger partial charge in [0.2, 0.25) is 0 Å². The number of carbonyl (C=O) groups is 2. The van der Waals surface area contributed by atoms with Crippen LogP contribution < -0.4 is 0 Å². The molecule has 0 unspecified atom stereocenters. The number of aliphatic hydroxyl groups excluding tert-OH is 1. The lowest BCUT2D eigenvalue weighted by Crippen LogP contribution is -2.36. The lowest BCUT2D eigenvalue weighted by molar-refractivity contribution is -0.145. The summed E-state index contributed by atoms with van der Waals surface area (Å²) in [5, 5.41) is 21.5. The van der Waals surface area contributed by atoms with Crippen LogP contribution in [0.2, 0.25) is 0 Å². The number of esters is 2. The summed E-state index contributed by atoms with van der Waals surface area (Å²) in [6.07, 6.45) is 1.13. The number of fused-ring (bicyclic) bond motifs is 3. The molecule has 3 rings (SSSR count). The fraction of sp³-hybridized carbons (Fsp3) is 0.524. The number of methoxy groups -OCH3 is 1. The van der Waals surface area contributed by atoms with E-state index in [4.69, 9.17) is 13.9 Å². The molecule has 0 fully saturated rings. The van der Waals surface area contributed by atoms with Crippen LogP contribution in [0.25, 0.3) is 0 Å². The first-order valence-corrected chi connectivity index (χ1v) is 9.30. The Morgan fingerprint density at radius 3 is 2.79 bits per heavy atom. The number of rotatable bonds is 2. The second-order valence-corrected chi connectivity index (χ2v) is 7.86. The zero-order valence-electron chi connectivity index (χ0n) is 16.4. The molecule has 4 atom stereocenters. The van der Waals surface area contributed by atoms with E-state index >= 15 is 0 Å². The van der Waals surface area contributed by atoms with E-state index in [2.05, 4.69) is 6.58 Å². The van der Waals surface area contributed by atoms with Crippen molar-refractivity contribution in [2.24, 2.45) is 5.92 Å². The first-order valence-electron chi connectivity index (χ1n) is 9.30. The second kappa shape index (κ2) is 7.56. The molecule has 1 aromatic heterocycles. The van der Waals surface area contributed by atoms with Gasteiger partial charge >= 0.3 is 11.9 Å². The molecule has 4 bridgehead atoms. The summed E-state index contributed by atoms with van der Waals surface area (Å²) in [6.45, 7) is 7.34. The van der Waals surface area contributed by atoms with Gasteiger partial charge < -0.3 is 24.1 Å². The Labute approximate surface area is 163 Å². The second-order valence-electron chi connectivity index (χ2n) is 7.86. The van der Waals surface area contributed by atoms with E-state index in [-0.39, 0.29) is 23.7 Å². The molecular weight excluding hydrogens is 364 g/mol. The summed E-state index contributed by atoms with van der Waals surface area (Å²) >= 11 is 0. The Hall–Kier alpha value is -2.38. The van der Waals surface area contributed by atoms with Crippen LogP contribution in [-0.2, 0) is 20.7 Å². The highest BCUT2D eigenvalue weighted by Gasteiger charge is 2.40. The molecule has 1 aromatic rings. The van der Waals surface area contributed by atoms with E-state index in [9.17, 15) is 19.8 Å². The van der Waals surface area contributed by atoms with Crippen molar-refractivity contribution in [2.75, 3.05) is 7.11 Å². The lowest BCUT2D eigenvalue weighted by Gasteiger charge is -2.29. The molecule has 0 spiro atoms. The third kappa shape index (κ3) is 3.91. The predicted octanol–water partition coefficient (Wildman–Crippen LogP) is 2.62. The van der Waals surface area contributed by atoms with Crippen LogP contribution in [0.4, 0.5) is 0 Å². The lowest BCUT2D eigenvalue weighted by atomic mass is 9.88. The fourth-order valence-corrected chi connectivity index (χ4v) is 3.75. The summed E-state index contributed by atoms with van der Waals surface area (Å²) in [7, 11) is 1.27. The van der Waals surface area contributed by atoms with E-state index in [1.54, 1.807) is 6.08 Å². The third-order valence-corrected chi connectivity index (χ3v) is 5.50. The van der Waals surface area contributed by atoms with Crippen LogP contribution in [0.3, 0.4) is 0 Å². The van der Waals surface area contributed by atoms with E-state index in [1.165, 1.54) is 20.1 Å². The third-order valence-electron chi connectivity index (χ3n) is 5.50. The first kappa shape index (κ1) is 20.4. The topological polar surface area (TPSA) is 106 Å². The van der Waals surface area contributed by atoms with Crippen LogP contribution in [0.1, 0.15) is 61.1 Å². The van der Waals surface area contributed by atoms with Gasteiger partial charge in [-0.15, -0.1) is 0 Å². The molecule has 3 heterocycles. The van der Waals surface area contributed by atoms with Gasteiger partial charge in [0.1, 0.15) is 29.3 Å². The van der Waals surface area contributed by atoms with Gasteiger partial charge in [-0.05, 0) is 44.7 Å². The highest BCUT2D eigenvalue weighted by atomic mass is 16.5. The molecule has 0 amide bonds. The SMILES string of the molecule is C=C(C)[C@H]1CCC2=C[C@@H](C[C@](C)(O)[C@@H](O)c3cc(C(=O)OC)c(o3)C1)OC2=O. The summed E-state index contributed by atoms with van der Waals surface area (Å²) < 4.78 is 16.0. The van der Waals surface area contributed by atoms with E-state index in [0.717, 1.165) is 5.57 Å². The van der Waals surface area contributed by atoms with Gasteiger partial charge in [0, 0.05) is 18.4 Å². The summed E-state index contributed by atoms with van der Waals surface area (Å²) in [4.78, 5) is 24.4. The highest BCUT2D eigenvalue weighted by Crippen LogP contribution is 2.37. The maximum atomic E-state index is 12.2. The van der Waals surface area contributed by atoms with Crippen molar-refractivity contribution in [1.82, 2.24) is 0 Å². The van der Waals surface area contributed by atoms with Gasteiger partial charge in [-0.2, -0.15) is 0 Å². The minimum Gasteiger partial charge on any atom is -0.465 e. The van der Waals surface area contributed by atoms with Crippen LogP contribution in [0, 0.1) is 5.92 Å². The average Bonchev–Trinajstić information content (AvgIpc) is 3.19. The number of carbonyl (C=O) groups excluding carboxylic acids is 2. The standard InChI is InChI=1S/C21H26O7/c1-11(2)12-5-6-13-7-14(27-19(13)23)10-21(3,25)18(22)17-9-15(20(24)26-4)16(8-12)28-17/h7,9,12,14,18,22,25H,1,5-6,8,10H2,2-4H3/t12-,14-,18-,21-/m0/s1. The van der Waals surface area contributed by atoms with E-state index < -0.39 is 29.7 Å². The number of hydrogen-bond acceptors (Lipinski definition) is 7. The maximum Gasteiger partial charge on any atom is 0.341 e. The van der Waals surface area contributed by atoms with Crippen LogP contribution in [-0.4, -0.2) is 41.0 Å². The number of hydrogen-bond donors (Lipinski definition) is 2. The zero-order valence-corrected chi connectivity index (χ0v) is 16.4. The van der Waals surface area contributed by atoms with E-state index in [1.807, 2.05) is 6.92 Å². The van der Waals surface area contributed by atoms with Crippen molar-refractivity contribution in [3.63, 3.8) is 0 Å². The maximum absolute atomic E-state index is 12.2. The first-order chi connectivity index (χ1) is 13.1. The van der Waals surface area contributed by atoms with E-state index in [0.29, 0.717) is 30.6 Å². The Bertz CT molecular complexity index is 830. The molecule has 0 aliphatic carbocycles. The molecule has 152 valence electrons. The van der Waals surface area contributed by atoms with Crippen LogP contribution in [0.5, 0.6) is 0 Å². The molecule has 0 aromatic carbocycles. The summed E-state index contributed by atoms with van der Waals surface area (Å²) in [5.74, 6) is -0.598. The summed E-state index contributed by atoms with van der Waals surface area (Å²) in [6, 6.07) is 1.41. The highest BCUT2D eigenvalue weighted by molar-refractivity contribution is 5.91. The normalized spacial score (nSPS) is 30.4. The van der Waals surface area contributed by atoms with Crippen molar-refractivity contribution < 1.29 is 33.7 Å². The molecule has 2 aliphatic rings. The van der Waals surface area contributed by atoms with Crippen molar-refractivity contribution >= 4 is 11.9 Å². The number of ether oxygens (including phenoxy) is 2. The van der Waals surface area contributed by atoms with Gasteiger partial charge in [0.15, 0.2) is 0 Å². The Balaban J connectivity index is 2.06. The molecule has 7 heteroatoms. The van der Waals surface area contributed by atoms with Crippen molar-refractivity contribution in [3.8, 4) is 0 Å². The summed E-state index contributed by atoms with van der Waals surface area (Å²) in [5.41, 5.74) is 0.0134. The molecule has 2 N–H and O–H groups in total. The molecular formula is C21H26O7. The van der Waals surface area contributed by atoms with Crippen LogP contribution in [0.15, 0.2) is 34.3 Å². The number of allylic oxidation sites excluding steroid dienone is 1. The monoisotopic (exact) mass is 390 g/mol. The zero-order chi connectivity index (χ0) is 20.6. The predicted molar refractivity (Wildman–Crippen MR) is 99.5 cm³/mol. The average molecular weight is 390 g/mol. The van der Waals surface area contributed by atoms with Gasteiger partial charge in [0.05, 0.1) is 12.7 Å². The number of furan rings is 1. The van der Waals surface area contributed by atoms with Crippen molar-refractivity contribution in [2.45, 2.75) is 57.3 Å². The Morgan fingerprint density at radius 1 is 1.43 bits per heavy atom. The minimum atomic E-state index is -1.64. The van der Waals surface area contributed by atoms with Crippen molar-refractivity contribution in [3.05, 3.63) is 47.0 Å². The van der Waals surface area contributed by atoms with Gasteiger partial charge in [-0.1, -0.05) is 12.2 Å². The van der Waals surface area contributed by atoms with Gasteiger partial charge in [-0.3, -0.25) is 0 Å². The minimum absolute atomic E-state index is 0.00306. The molecule has 0 saturated carbocycles. The van der Waals surface area contributed by atoms with Crippen LogP contribution >= 0.6 is 0 Å². The van der Waals surface area contributed by atoms with Gasteiger partial charge in [-0.25, -0.2) is 9.59 Å². The van der Waals surface area contributed by atoms with Gasteiger partial charge in [0.25, 0.3) is 0 Å². The smallest absolute Gasteiger partial charge is 0.341 e. The quantitative estimate of drug-likeness (QED) is 0.590. The molecule has 2 aliphatic heterocycles. The molecule has 7 nitrogen and oxygen atoms in total. The largest absolute Gasteiger partial charge is 0.465 e. The Morgan fingerprint density at radius 2 is 2.14 bits per heavy atom. The molecule has 0 saturated heterocycles. The fourth-order valence-electron chi connectivity index (χ4n) is 3.75. The van der Waals surface area contributed by atoms with Crippen molar-refractivity contribution in [1.29, 1.82) is 0 Å². The Kier molecular flexibility index (Phi) is 5.50.